The molecule has 0 saturated heterocycles. The van der Waals surface area contributed by atoms with Crippen LogP contribution >= 0.6 is 0 Å². The summed E-state index contributed by atoms with van der Waals surface area (Å²) in [6, 6.07) is 8.32. The second kappa shape index (κ2) is 11.4. The molecule has 0 fully saturated rings. The molecule has 2 aromatic heterocycles. The van der Waals surface area contributed by atoms with Crippen LogP contribution < -0.4 is 20.1 Å². The summed E-state index contributed by atoms with van der Waals surface area (Å²) in [5.74, 6) is -1.49. The van der Waals surface area contributed by atoms with Gasteiger partial charge >= 0.3 is 12.4 Å². The summed E-state index contributed by atoms with van der Waals surface area (Å²) in [4.78, 5) is 30.0. The molecule has 0 bridgehead atoms. The number of aryl methyl sites for hydroxylation is 1. The zero-order chi connectivity index (χ0) is 29.1. The first-order chi connectivity index (χ1) is 18.8. The number of fused-ring (bicyclic) bond motifs is 1. The first-order valence-corrected chi connectivity index (χ1v) is 11.9. The van der Waals surface area contributed by atoms with Gasteiger partial charge in [0.25, 0.3) is 11.8 Å². The Morgan fingerprint density at radius 1 is 1.10 bits per heavy atom. The van der Waals surface area contributed by atoms with Gasteiger partial charge < -0.3 is 20.1 Å². The van der Waals surface area contributed by atoms with Gasteiger partial charge in [-0.15, -0.1) is 0 Å². The standard InChI is InChI=1S/C25H23F6N5O4/c1-14-5-6-19(32-11-14)36-21(23(38)33-12-24(26,27)28)20-18(35-36)9-15(34-22(20)37)7-8-39-16-3-2-4-17(10-16)40-13-25(29,30)31/h2-6,10-11,15H,7-9,12-13H2,1H3,(H,33,38)(H,34,37). The lowest BCUT2D eigenvalue weighted by molar-refractivity contribution is -0.153. The minimum absolute atomic E-state index is 0.0305. The van der Waals surface area contributed by atoms with Crippen LogP contribution in [0.15, 0.2) is 42.6 Å². The highest BCUT2D eigenvalue weighted by Crippen LogP contribution is 2.26. The Morgan fingerprint density at radius 2 is 1.82 bits per heavy atom. The van der Waals surface area contributed by atoms with Crippen LogP contribution in [-0.4, -0.2) is 64.7 Å². The van der Waals surface area contributed by atoms with Gasteiger partial charge in [-0.3, -0.25) is 9.59 Å². The smallest absolute Gasteiger partial charge is 0.422 e. The summed E-state index contributed by atoms with van der Waals surface area (Å²) in [5.41, 5.74) is 0.446. The van der Waals surface area contributed by atoms with Crippen molar-refractivity contribution in [1.82, 2.24) is 25.4 Å². The summed E-state index contributed by atoms with van der Waals surface area (Å²) in [6.45, 7) is -1.22. The lowest BCUT2D eigenvalue weighted by Gasteiger charge is -2.23. The Labute approximate surface area is 223 Å². The van der Waals surface area contributed by atoms with Crippen molar-refractivity contribution in [3.63, 3.8) is 0 Å². The Morgan fingerprint density at radius 3 is 2.48 bits per heavy atom. The maximum absolute atomic E-state index is 13.0. The molecule has 9 nitrogen and oxygen atoms in total. The number of nitrogens with one attached hydrogen (secondary N) is 2. The fraction of sp³-hybridized carbons (Fsp3) is 0.360. The summed E-state index contributed by atoms with van der Waals surface area (Å²) >= 11 is 0. The number of hydrogen-bond acceptors (Lipinski definition) is 6. The molecule has 40 heavy (non-hydrogen) atoms. The summed E-state index contributed by atoms with van der Waals surface area (Å²) in [7, 11) is 0. The van der Waals surface area contributed by atoms with Crippen LogP contribution in [0.1, 0.15) is 38.5 Å². The van der Waals surface area contributed by atoms with Gasteiger partial charge in [0.15, 0.2) is 12.4 Å². The molecule has 0 aliphatic carbocycles. The molecule has 3 heterocycles. The molecule has 214 valence electrons. The number of carbonyl (C=O) groups is 2. The molecule has 4 rings (SSSR count). The molecular formula is C25H23F6N5O4. The number of rotatable bonds is 9. The van der Waals surface area contributed by atoms with Crippen LogP contribution in [-0.2, 0) is 6.42 Å². The van der Waals surface area contributed by atoms with Gasteiger partial charge in [0.2, 0.25) is 0 Å². The molecule has 3 aromatic rings. The van der Waals surface area contributed by atoms with Crippen molar-refractivity contribution in [3.05, 3.63) is 65.1 Å². The maximum Gasteiger partial charge on any atom is 0.422 e. The van der Waals surface area contributed by atoms with Crippen LogP contribution in [0.3, 0.4) is 0 Å². The van der Waals surface area contributed by atoms with Gasteiger partial charge in [0.1, 0.15) is 23.7 Å². The van der Waals surface area contributed by atoms with Crippen molar-refractivity contribution < 1.29 is 45.4 Å². The van der Waals surface area contributed by atoms with Crippen molar-refractivity contribution in [2.75, 3.05) is 19.8 Å². The number of nitrogens with zero attached hydrogens (tertiary/aromatic N) is 3. The number of benzene rings is 1. The summed E-state index contributed by atoms with van der Waals surface area (Å²) < 4.78 is 86.7. The van der Waals surface area contributed by atoms with Gasteiger partial charge in [0, 0.05) is 31.1 Å². The minimum Gasteiger partial charge on any atom is -0.493 e. The lowest BCUT2D eigenvalue weighted by atomic mass is 9.98. The van der Waals surface area contributed by atoms with E-state index in [4.69, 9.17) is 9.47 Å². The third-order valence-electron chi connectivity index (χ3n) is 5.68. The molecule has 1 aliphatic rings. The van der Waals surface area contributed by atoms with Gasteiger partial charge in [-0.05, 0) is 30.7 Å². The van der Waals surface area contributed by atoms with E-state index in [2.05, 4.69) is 15.4 Å². The van der Waals surface area contributed by atoms with E-state index >= 15 is 0 Å². The lowest BCUT2D eigenvalue weighted by Crippen LogP contribution is -2.43. The number of carbonyl (C=O) groups excluding carboxylic acids is 2. The number of halogens is 6. The van der Waals surface area contributed by atoms with Crippen LogP contribution in [0.5, 0.6) is 11.5 Å². The van der Waals surface area contributed by atoms with Gasteiger partial charge in [0.05, 0.1) is 17.9 Å². The van der Waals surface area contributed by atoms with Crippen molar-refractivity contribution in [1.29, 1.82) is 0 Å². The average Bonchev–Trinajstić information content (AvgIpc) is 3.26. The average molecular weight is 571 g/mol. The topological polar surface area (TPSA) is 107 Å². The fourth-order valence-electron chi connectivity index (χ4n) is 3.92. The molecule has 15 heteroatoms. The molecule has 1 unspecified atom stereocenters. The number of hydrogen-bond donors (Lipinski definition) is 2. The third kappa shape index (κ3) is 7.42. The monoisotopic (exact) mass is 571 g/mol. The van der Waals surface area contributed by atoms with Crippen molar-refractivity contribution >= 4 is 11.8 Å². The quantitative estimate of drug-likeness (QED) is 0.377. The van der Waals surface area contributed by atoms with Crippen LogP contribution in [0.4, 0.5) is 26.3 Å². The Hall–Kier alpha value is -4.30. The zero-order valence-electron chi connectivity index (χ0n) is 20.9. The molecule has 1 aromatic carbocycles. The zero-order valence-corrected chi connectivity index (χ0v) is 20.9. The summed E-state index contributed by atoms with van der Waals surface area (Å²) in [5, 5.41) is 8.82. The first-order valence-electron chi connectivity index (χ1n) is 11.9. The first kappa shape index (κ1) is 28.7. The van der Waals surface area contributed by atoms with E-state index in [1.54, 1.807) is 18.3 Å². The normalized spacial score (nSPS) is 15.3. The predicted molar refractivity (Wildman–Crippen MR) is 128 cm³/mol. The number of aromatic nitrogens is 3. The highest BCUT2D eigenvalue weighted by atomic mass is 19.4. The maximum atomic E-state index is 13.0. The molecule has 2 amide bonds. The summed E-state index contributed by atoms with van der Waals surface area (Å²) in [6.07, 6.45) is -7.28. The third-order valence-corrected chi connectivity index (χ3v) is 5.68. The molecule has 1 aliphatic heterocycles. The van der Waals surface area contributed by atoms with Gasteiger partial charge in [-0.2, -0.15) is 31.4 Å². The second-order valence-corrected chi connectivity index (χ2v) is 8.96. The fourth-order valence-corrected chi connectivity index (χ4v) is 3.92. The molecule has 0 spiro atoms. The van der Waals surface area contributed by atoms with E-state index < -0.39 is 43.4 Å². The molecule has 1 atom stereocenters. The van der Waals surface area contributed by atoms with Crippen LogP contribution in [0, 0.1) is 6.92 Å². The Kier molecular flexibility index (Phi) is 8.21. The number of amides is 2. The highest BCUT2D eigenvalue weighted by molar-refractivity contribution is 6.08. The van der Waals surface area contributed by atoms with Crippen molar-refractivity contribution in [3.8, 4) is 17.3 Å². The Balaban J connectivity index is 1.48. The van der Waals surface area contributed by atoms with E-state index in [1.165, 1.54) is 36.5 Å². The number of pyridine rings is 1. The minimum atomic E-state index is -4.67. The predicted octanol–water partition coefficient (Wildman–Crippen LogP) is 3.93. The molecule has 0 radical (unpaired) electrons. The molecule has 0 saturated carbocycles. The largest absolute Gasteiger partial charge is 0.493 e. The van der Waals surface area contributed by atoms with E-state index in [9.17, 15) is 35.9 Å². The van der Waals surface area contributed by atoms with Crippen molar-refractivity contribution in [2.24, 2.45) is 0 Å². The van der Waals surface area contributed by atoms with Gasteiger partial charge in [-0.1, -0.05) is 12.1 Å². The number of alkyl halides is 6. The van der Waals surface area contributed by atoms with Gasteiger partial charge in [-0.25, -0.2) is 9.67 Å². The molecular weight excluding hydrogens is 548 g/mol. The van der Waals surface area contributed by atoms with E-state index in [0.29, 0.717) is 0 Å². The number of ether oxygens (including phenoxy) is 2. The van der Waals surface area contributed by atoms with E-state index in [1.807, 2.05) is 0 Å². The SMILES string of the molecule is Cc1ccc(-n2nc3c(c2C(=O)NCC(F)(F)F)C(=O)NC(CCOc2cccc(OCC(F)(F)F)c2)C3)nc1. The van der Waals surface area contributed by atoms with E-state index in [-0.39, 0.29) is 53.7 Å². The highest BCUT2D eigenvalue weighted by Gasteiger charge is 2.36. The van der Waals surface area contributed by atoms with Crippen molar-refractivity contribution in [2.45, 2.75) is 38.2 Å². The van der Waals surface area contributed by atoms with Crippen LogP contribution in [0.25, 0.3) is 5.82 Å². The van der Waals surface area contributed by atoms with Crippen LogP contribution in [0.2, 0.25) is 0 Å². The second-order valence-electron chi connectivity index (χ2n) is 8.96. The molecule has 2 N–H and O–H groups in total. The Bertz CT molecular complexity index is 1370. The van der Waals surface area contributed by atoms with E-state index in [0.717, 1.165) is 10.2 Å².